The molecule has 10 nitrogen and oxygen atoms in total. The maximum atomic E-state index is 13.0. The van der Waals surface area contributed by atoms with Gasteiger partial charge in [-0.1, -0.05) is 0 Å². The van der Waals surface area contributed by atoms with Crippen molar-refractivity contribution >= 4 is 48.2 Å². The van der Waals surface area contributed by atoms with E-state index < -0.39 is 47.2 Å². The number of carbonyl (C=O) groups is 1. The SMILES string of the molecule is Nc1ccc(C(=O)c2cc(S(=O)(=O)O)cc3cc(S(=O)(=O)O)c(N)c(O)c23)cc1. The van der Waals surface area contributed by atoms with Gasteiger partial charge in [-0.3, -0.25) is 13.9 Å². The van der Waals surface area contributed by atoms with Gasteiger partial charge in [0, 0.05) is 22.2 Å². The van der Waals surface area contributed by atoms with E-state index in [2.05, 4.69) is 0 Å². The van der Waals surface area contributed by atoms with Gasteiger partial charge in [0.2, 0.25) is 0 Å². The van der Waals surface area contributed by atoms with Gasteiger partial charge in [-0.05, 0) is 47.9 Å². The van der Waals surface area contributed by atoms with Crippen molar-refractivity contribution in [3.63, 3.8) is 0 Å². The van der Waals surface area contributed by atoms with Crippen LogP contribution in [0.2, 0.25) is 0 Å². The Labute approximate surface area is 164 Å². The molecule has 0 amide bonds. The molecule has 152 valence electrons. The van der Waals surface area contributed by atoms with Gasteiger partial charge < -0.3 is 16.6 Å². The van der Waals surface area contributed by atoms with Crippen molar-refractivity contribution in [2.24, 2.45) is 0 Å². The molecule has 0 radical (unpaired) electrons. The second-order valence-corrected chi connectivity index (χ2v) is 8.92. The molecule has 29 heavy (non-hydrogen) atoms. The number of anilines is 2. The smallest absolute Gasteiger partial charge is 0.296 e. The van der Waals surface area contributed by atoms with E-state index in [1.807, 2.05) is 0 Å². The van der Waals surface area contributed by atoms with Gasteiger partial charge in [-0.15, -0.1) is 0 Å². The normalized spacial score (nSPS) is 12.2. The molecule has 0 aliphatic carbocycles. The van der Waals surface area contributed by atoms with Gasteiger partial charge in [0.15, 0.2) is 5.78 Å². The van der Waals surface area contributed by atoms with E-state index in [-0.39, 0.29) is 21.9 Å². The van der Waals surface area contributed by atoms with Crippen LogP contribution in [0.4, 0.5) is 11.4 Å². The van der Waals surface area contributed by atoms with Crippen LogP contribution in [0, 0.1) is 0 Å². The third-order valence-electron chi connectivity index (χ3n) is 4.18. The van der Waals surface area contributed by atoms with E-state index in [4.69, 9.17) is 11.5 Å². The van der Waals surface area contributed by atoms with E-state index in [0.29, 0.717) is 5.69 Å². The molecule has 0 saturated carbocycles. The number of fused-ring (bicyclic) bond motifs is 1. The molecule has 3 aromatic rings. The van der Waals surface area contributed by atoms with Gasteiger partial charge in [-0.2, -0.15) is 16.8 Å². The van der Waals surface area contributed by atoms with Crippen LogP contribution in [-0.2, 0) is 20.2 Å². The number of benzene rings is 3. The number of nitrogen functional groups attached to an aromatic ring is 2. The Morgan fingerprint density at radius 1 is 0.862 bits per heavy atom. The van der Waals surface area contributed by atoms with Crippen LogP contribution in [0.25, 0.3) is 10.8 Å². The van der Waals surface area contributed by atoms with Crippen molar-refractivity contribution in [1.82, 2.24) is 0 Å². The molecule has 0 heterocycles. The number of aromatic hydroxyl groups is 1. The first-order valence-corrected chi connectivity index (χ1v) is 10.6. The minimum Gasteiger partial charge on any atom is -0.505 e. The number of rotatable bonds is 4. The molecule has 12 heteroatoms. The highest BCUT2D eigenvalue weighted by molar-refractivity contribution is 7.86. The summed E-state index contributed by atoms with van der Waals surface area (Å²) in [6, 6.07) is 8.00. The lowest BCUT2D eigenvalue weighted by atomic mass is 9.96. The minimum atomic E-state index is -4.88. The molecular weight excluding hydrogens is 424 g/mol. The lowest BCUT2D eigenvalue weighted by molar-refractivity contribution is 0.104. The third-order valence-corrected chi connectivity index (χ3v) is 5.90. The van der Waals surface area contributed by atoms with Gasteiger partial charge >= 0.3 is 0 Å². The summed E-state index contributed by atoms with van der Waals surface area (Å²) in [4.78, 5) is 11.3. The molecule has 0 bridgehead atoms. The van der Waals surface area contributed by atoms with Crippen LogP contribution in [0.15, 0.2) is 52.3 Å². The highest BCUT2D eigenvalue weighted by atomic mass is 32.2. The summed E-state index contributed by atoms with van der Waals surface area (Å²) < 4.78 is 65.0. The quantitative estimate of drug-likeness (QED) is 0.172. The van der Waals surface area contributed by atoms with E-state index in [0.717, 1.165) is 18.2 Å². The maximum Gasteiger partial charge on any atom is 0.296 e. The second-order valence-electron chi connectivity index (χ2n) is 6.11. The lowest BCUT2D eigenvalue weighted by Crippen LogP contribution is -2.09. The number of phenolic OH excluding ortho intramolecular Hbond substituents is 1. The van der Waals surface area contributed by atoms with E-state index in [1.54, 1.807) is 0 Å². The fourth-order valence-electron chi connectivity index (χ4n) is 2.82. The molecule has 0 atom stereocenters. The Morgan fingerprint density at radius 3 is 1.97 bits per heavy atom. The first kappa shape index (κ1) is 20.5. The van der Waals surface area contributed by atoms with Crippen LogP contribution in [0.5, 0.6) is 5.75 Å². The maximum absolute atomic E-state index is 13.0. The van der Waals surface area contributed by atoms with Crippen LogP contribution in [0.3, 0.4) is 0 Å². The predicted octanol–water partition coefficient (Wildman–Crippen LogP) is 1.43. The fourth-order valence-corrected chi connectivity index (χ4v) is 4.01. The summed E-state index contributed by atoms with van der Waals surface area (Å²) in [5, 5.41) is 9.91. The Balaban J connectivity index is 2.46. The third kappa shape index (κ3) is 3.73. The molecule has 0 spiro atoms. The molecular formula is C17H14N2O8S2. The summed E-state index contributed by atoms with van der Waals surface area (Å²) in [6.45, 7) is 0. The van der Waals surface area contributed by atoms with Crippen LogP contribution >= 0.6 is 0 Å². The highest BCUT2D eigenvalue weighted by Gasteiger charge is 2.26. The van der Waals surface area contributed by atoms with Crippen LogP contribution in [-0.4, -0.2) is 36.8 Å². The lowest BCUT2D eigenvalue weighted by Gasteiger charge is -2.14. The van der Waals surface area contributed by atoms with E-state index in [9.17, 15) is 35.8 Å². The summed E-state index contributed by atoms with van der Waals surface area (Å²) in [5.74, 6) is -1.61. The van der Waals surface area contributed by atoms with Crippen LogP contribution in [0.1, 0.15) is 15.9 Å². The summed E-state index contributed by atoms with van der Waals surface area (Å²) in [6.07, 6.45) is 0. The number of ketones is 1. The van der Waals surface area contributed by atoms with Gasteiger partial charge in [0.25, 0.3) is 20.2 Å². The molecule has 0 fully saturated rings. The van der Waals surface area contributed by atoms with Crippen LogP contribution < -0.4 is 11.5 Å². The van der Waals surface area contributed by atoms with Gasteiger partial charge in [0.1, 0.15) is 10.6 Å². The fraction of sp³-hybridized carbons (Fsp3) is 0. The molecule has 0 aromatic heterocycles. The number of nitrogens with two attached hydrogens (primary N) is 2. The van der Waals surface area contributed by atoms with Crippen molar-refractivity contribution in [3.8, 4) is 5.75 Å². The number of phenols is 1. The van der Waals surface area contributed by atoms with Crippen molar-refractivity contribution in [2.45, 2.75) is 9.79 Å². The zero-order valence-electron chi connectivity index (χ0n) is 14.4. The monoisotopic (exact) mass is 438 g/mol. The van der Waals surface area contributed by atoms with Crippen molar-refractivity contribution in [2.75, 3.05) is 11.5 Å². The van der Waals surface area contributed by atoms with Crippen molar-refractivity contribution < 1.29 is 35.8 Å². The Hall–Kier alpha value is -3.19. The summed E-state index contributed by atoms with van der Waals surface area (Å²) >= 11 is 0. The van der Waals surface area contributed by atoms with E-state index >= 15 is 0 Å². The number of hydrogen-bond donors (Lipinski definition) is 5. The molecule has 3 rings (SSSR count). The Bertz CT molecular complexity index is 1380. The summed E-state index contributed by atoms with van der Waals surface area (Å²) in [7, 11) is -9.69. The predicted molar refractivity (Wildman–Crippen MR) is 104 cm³/mol. The van der Waals surface area contributed by atoms with Crippen molar-refractivity contribution in [3.05, 3.63) is 53.6 Å². The summed E-state index contributed by atoms with van der Waals surface area (Å²) in [5.41, 5.74) is 10.5. The minimum absolute atomic E-state index is 0.0739. The molecule has 0 saturated heterocycles. The Kier molecular flexibility index (Phi) is 4.75. The molecule has 0 unspecified atom stereocenters. The standard InChI is InChI=1S/C17H14N2O8S2/c18-10-3-1-8(2-4-10)16(20)12-7-11(28(22,23)24)5-9-6-13(29(25,26)27)15(19)17(21)14(9)12/h1-7,21H,18-19H2,(H,22,23,24)(H,25,26,27). The van der Waals surface area contributed by atoms with E-state index in [1.165, 1.54) is 24.3 Å². The first-order chi connectivity index (χ1) is 13.3. The zero-order valence-corrected chi connectivity index (χ0v) is 16.0. The molecule has 0 aliphatic rings. The highest BCUT2D eigenvalue weighted by Crippen LogP contribution is 2.40. The second kappa shape index (κ2) is 6.70. The van der Waals surface area contributed by atoms with Crippen molar-refractivity contribution in [1.29, 1.82) is 0 Å². The molecule has 7 N–H and O–H groups in total. The van der Waals surface area contributed by atoms with Gasteiger partial charge in [0.05, 0.1) is 10.6 Å². The molecule has 0 aliphatic heterocycles. The zero-order chi connectivity index (χ0) is 21.7. The number of hydrogen-bond acceptors (Lipinski definition) is 8. The number of carbonyl (C=O) groups excluding carboxylic acids is 1. The first-order valence-electron chi connectivity index (χ1n) is 7.75. The average Bonchev–Trinajstić information content (AvgIpc) is 2.62. The Morgan fingerprint density at radius 2 is 1.45 bits per heavy atom. The largest absolute Gasteiger partial charge is 0.505 e. The van der Waals surface area contributed by atoms with Gasteiger partial charge in [-0.25, -0.2) is 0 Å². The molecule has 3 aromatic carbocycles. The average molecular weight is 438 g/mol. The topological polar surface area (TPSA) is 198 Å².